The molecule has 100 valence electrons. The van der Waals surface area contributed by atoms with Gasteiger partial charge >= 0.3 is 0 Å². The lowest BCUT2D eigenvalue weighted by Crippen LogP contribution is -2.27. The van der Waals surface area contributed by atoms with Crippen molar-refractivity contribution in [1.82, 2.24) is 5.32 Å². The fraction of sp³-hybridized carbons (Fsp3) is 0.214. The van der Waals surface area contributed by atoms with Crippen LogP contribution in [-0.2, 0) is 0 Å². The second-order valence-corrected chi connectivity index (χ2v) is 5.10. The monoisotopic (exact) mass is 277 g/mol. The Balaban J connectivity index is 2.18. The summed E-state index contributed by atoms with van der Waals surface area (Å²) < 4.78 is 0. The minimum Gasteiger partial charge on any atom is -0.504 e. The van der Waals surface area contributed by atoms with Gasteiger partial charge in [0.05, 0.1) is 11.6 Å². The predicted molar refractivity (Wildman–Crippen MR) is 74.6 cm³/mol. The molecule has 5 heteroatoms. The van der Waals surface area contributed by atoms with E-state index in [1.54, 1.807) is 11.3 Å². The summed E-state index contributed by atoms with van der Waals surface area (Å²) in [6.07, 6.45) is 0.756. The Bertz CT molecular complexity index is 566. The summed E-state index contributed by atoms with van der Waals surface area (Å²) in [7, 11) is 0. The molecule has 1 heterocycles. The highest BCUT2D eigenvalue weighted by Gasteiger charge is 2.18. The number of phenols is 2. The number of nitrogens with one attached hydrogen (secondary N) is 1. The lowest BCUT2D eigenvalue weighted by molar-refractivity contribution is 0.0933. The Morgan fingerprint density at radius 1 is 1.32 bits per heavy atom. The predicted octanol–water partition coefficient (Wildman–Crippen LogP) is 3.04. The van der Waals surface area contributed by atoms with E-state index >= 15 is 0 Å². The van der Waals surface area contributed by atoms with Crippen LogP contribution in [0.2, 0.25) is 0 Å². The SMILES string of the molecule is CCC(NC(=O)c1cccc(O)c1O)c1cccs1. The van der Waals surface area contributed by atoms with E-state index in [1.807, 2.05) is 24.4 Å². The summed E-state index contributed by atoms with van der Waals surface area (Å²) in [6.45, 7) is 1.98. The fourth-order valence-electron chi connectivity index (χ4n) is 1.81. The molecule has 19 heavy (non-hydrogen) atoms. The van der Waals surface area contributed by atoms with Crippen LogP contribution in [0.4, 0.5) is 0 Å². The Morgan fingerprint density at radius 3 is 2.74 bits per heavy atom. The van der Waals surface area contributed by atoms with Crippen molar-refractivity contribution >= 4 is 17.2 Å². The summed E-state index contributed by atoms with van der Waals surface area (Å²) in [4.78, 5) is 13.2. The molecule has 0 spiro atoms. The summed E-state index contributed by atoms with van der Waals surface area (Å²) in [5, 5.41) is 23.9. The molecule has 4 nitrogen and oxygen atoms in total. The maximum Gasteiger partial charge on any atom is 0.255 e. The van der Waals surface area contributed by atoms with Gasteiger partial charge in [0.2, 0.25) is 0 Å². The van der Waals surface area contributed by atoms with E-state index < -0.39 is 5.91 Å². The number of phenolic OH excluding ortho intramolecular Hbond substituents is 2. The first-order valence-corrected chi connectivity index (χ1v) is 6.86. The lowest BCUT2D eigenvalue weighted by Gasteiger charge is -2.16. The van der Waals surface area contributed by atoms with Crippen LogP contribution in [0.3, 0.4) is 0 Å². The van der Waals surface area contributed by atoms with Crippen LogP contribution in [-0.4, -0.2) is 16.1 Å². The molecule has 0 radical (unpaired) electrons. The molecule has 1 aromatic carbocycles. The van der Waals surface area contributed by atoms with Gasteiger partial charge in [-0.25, -0.2) is 0 Å². The molecule has 1 aromatic heterocycles. The summed E-state index contributed by atoms with van der Waals surface area (Å²) in [5.74, 6) is -1.08. The molecule has 0 saturated heterocycles. The maximum atomic E-state index is 12.1. The maximum absolute atomic E-state index is 12.1. The van der Waals surface area contributed by atoms with Crippen molar-refractivity contribution < 1.29 is 15.0 Å². The summed E-state index contributed by atoms with van der Waals surface area (Å²) >= 11 is 1.57. The standard InChI is InChI=1S/C14H15NO3S/c1-2-10(12-7-4-8-19-12)15-14(18)9-5-3-6-11(16)13(9)17/h3-8,10,16-17H,2H2,1H3,(H,15,18). The number of thiophene rings is 1. The zero-order valence-electron chi connectivity index (χ0n) is 10.5. The number of benzene rings is 1. The van der Waals surface area contributed by atoms with Crippen molar-refractivity contribution in [2.75, 3.05) is 0 Å². The van der Waals surface area contributed by atoms with Gasteiger partial charge in [-0.15, -0.1) is 11.3 Å². The van der Waals surface area contributed by atoms with Gasteiger partial charge in [-0.1, -0.05) is 19.1 Å². The van der Waals surface area contributed by atoms with Gasteiger partial charge in [0.25, 0.3) is 5.91 Å². The molecule has 0 aliphatic heterocycles. The van der Waals surface area contributed by atoms with Gasteiger partial charge in [0.15, 0.2) is 11.5 Å². The van der Waals surface area contributed by atoms with Gasteiger partial charge in [-0.2, -0.15) is 0 Å². The first-order valence-electron chi connectivity index (χ1n) is 5.98. The Kier molecular flexibility index (Phi) is 4.06. The van der Waals surface area contributed by atoms with E-state index in [1.165, 1.54) is 18.2 Å². The largest absolute Gasteiger partial charge is 0.504 e. The van der Waals surface area contributed by atoms with Gasteiger partial charge in [0.1, 0.15) is 0 Å². The Hall–Kier alpha value is -2.01. The Labute approximate surface area is 115 Å². The van der Waals surface area contributed by atoms with Crippen LogP contribution in [0.1, 0.15) is 34.6 Å². The molecule has 3 N–H and O–H groups in total. The van der Waals surface area contributed by atoms with Crippen LogP contribution >= 0.6 is 11.3 Å². The molecule has 0 fully saturated rings. The van der Waals surface area contributed by atoms with E-state index in [0.29, 0.717) is 0 Å². The van der Waals surface area contributed by atoms with Crippen LogP contribution in [0, 0.1) is 0 Å². The molecule has 1 amide bonds. The number of hydrogen-bond donors (Lipinski definition) is 3. The van der Waals surface area contributed by atoms with Crippen molar-refractivity contribution in [2.45, 2.75) is 19.4 Å². The molecule has 2 aromatic rings. The van der Waals surface area contributed by atoms with Crippen LogP contribution in [0.25, 0.3) is 0 Å². The van der Waals surface area contributed by atoms with Crippen molar-refractivity contribution in [2.24, 2.45) is 0 Å². The average molecular weight is 277 g/mol. The van der Waals surface area contributed by atoms with Crippen molar-refractivity contribution in [3.8, 4) is 11.5 Å². The smallest absolute Gasteiger partial charge is 0.255 e. The number of hydrogen-bond acceptors (Lipinski definition) is 4. The molecule has 0 saturated carbocycles. The van der Waals surface area contributed by atoms with Crippen molar-refractivity contribution in [3.63, 3.8) is 0 Å². The van der Waals surface area contributed by atoms with Crippen LogP contribution in [0.15, 0.2) is 35.7 Å². The van der Waals surface area contributed by atoms with E-state index in [4.69, 9.17) is 0 Å². The van der Waals surface area contributed by atoms with Crippen LogP contribution < -0.4 is 5.32 Å². The van der Waals surface area contributed by atoms with Gasteiger partial charge < -0.3 is 15.5 Å². The average Bonchev–Trinajstić information content (AvgIpc) is 2.92. The van der Waals surface area contributed by atoms with Gasteiger partial charge in [-0.3, -0.25) is 4.79 Å². The highest BCUT2D eigenvalue weighted by Crippen LogP contribution is 2.29. The Morgan fingerprint density at radius 2 is 2.11 bits per heavy atom. The zero-order chi connectivity index (χ0) is 13.8. The third kappa shape index (κ3) is 2.88. The van der Waals surface area contributed by atoms with Gasteiger partial charge in [-0.05, 0) is 30.0 Å². The normalized spacial score (nSPS) is 12.1. The molecule has 1 atom stereocenters. The molecule has 2 rings (SSSR count). The van der Waals surface area contributed by atoms with Crippen molar-refractivity contribution in [3.05, 3.63) is 46.2 Å². The molecule has 1 unspecified atom stereocenters. The number of aromatic hydroxyl groups is 2. The van der Waals surface area contributed by atoms with E-state index in [2.05, 4.69) is 5.32 Å². The number of carbonyl (C=O) groups is 1. The first kappa shape index (κ1) is 13.4. The number of para-hydroxylation sites is 1. The second-order valence-electron chi connectivity index (χ2n) is 4.12. The third-order valence-corrected chi connectivity index (χ3v) is 3.85. The van der Waals surface area contributed by atoms with Crippen molar-refractivity contribution in [1.29, 1.82) is 0 Å². The number of amides is 1. The molecule has 0 bridgehead atoms. The number of carbonyl (C=O) groups excluding carboxylic acids is 1. The molecular weight excluding hydrogens is 262 g/mol. The quantitative estimate of drug-likeness (QED) is 0.752. The van der Waals surface area contributed by atoms with Crippen LogP contribution in [0.5, 0.6) is 11.5 Å². The lowest BCUT2D eigenvalue weighted by atomic mass is 10.1. The fourth-order valence-corrected chi connectivity index (χ4v) is 2.68. The highest BCUT2D eigenvalue weighted by molar-refractivity contribution is 7.10. The first-order chi connectivity index (χ1) is 9.13. The van der Waals surface area contributed by atoms with E-state index in [0.717, 1.165) is 11.3 Å². The third-order valence-electron chi connectivity index (χ3n) is 2.86. The molecule has 0 aliphatic rings. The molecule has 0 aliphatic carbocycles. The van der Waals surface area contributed by atoms with Gasteiger partial charge in [0, 0.05) is 4.88 Å². The summed E-state index contributed by atoms with van der Waals surface area (Å²) in [5.41, 5.74) is 0.0787. The second kappa shape index (κ2) is 5.75. The van der Waals surface area contributed by atoms with E-state index in [-0.39, 0.29) is 23.1 Å². The molecular formula is C14H15NO3S. The topological polar surface area (TPSA) is 69.6 Å². The minimum absolute atomic E-state index is 0.0787. The zero-order valence-corrected chi connectivity index (χ0v) is 11.3. The minimum atomic E-state index is -0.395. The highest BCUT2D eigenvalue weighted by atomic mass is 32.1. The summed E-state index contributed by atoms with van der Waals surface area (Å²) in [6, 6.07) is 8.14. The van der Waals surface area contributed by atoms with E-state index in [9.17, 15) is 15.0 Å². The number of rotatable bonds is 4.